The Hall–Kier alpha value is -2.46. The lowest BCUT2D eigenvalue weighted by Crippen LogP contribution is -2.41. The van der Waals surface area contributed by atoms with E-state index in [9.17, 15) is 13.2 Å². The fourth-order valence-corrected chi connectivity index (χ4v) is 2.47. The average Bonchev–Trinajstić information content (AvgIpc) is 3.05. The smallest absolute Gasteiger partial charge is 0.315 e. The van der Waals surface area contributed by atoms with Crippen LogP contribution in [0.4, 0.5) is 4.79 Å². The molecule has 0 bridgehead atoms. The summed E-state index contributed by atoms with van der Waals surface area (Å²) >= 11 is 0. The summed E-state index contributed by atoms with van der Waals surface area (Å²) in [4.78, 5) is 15.7. The third-order valence-electron chi connectivity index (χ3n) is 3.20. The van der Waals surface area contributed by atoms with Gasteiger partial charge in [-0.15, -0.1) is 0 Å². The number of hydrogen-bond acceptors (Lipinski definition) is 5. The van der Waals surface area contributed by atoms with Gasteiger partial charge in [-0.3, -0.25) is 0 Å². The molecular weight excluding hydrogens is 332 g/mol. The predicted octanol–water partition coefficient (Wildman–Crippen LogP) is 0.177. The van der Waals surface area contributed by atoms with Crippen LogP contribution in [0.25, 0.3) is 5.69 Å². The Balaban J connectivity index is 1.81. The third-order valence-corrected chi connectivity index (χ3v) is 3.93. The van der Waals surface area contributed by atoms with Crippen LogP contribution >= 0.6 is 0 Å². The number of nitrogens with one attached hydrogen (secondary N) is 3. The summed E-state index contributed by atoms with van der Waals surface area (Å²) in [6, 6.07) is 7.00. The summed E-state index contributed by atoms with van der Waals surface area (Å²) in [5.41, 5.74) is 1.81. The largest absolute Gasteiger partial charge is 0.337 e. The van der Waals surface area contributed by atoms with Crippen LogP contribution in [0.3, 0.4) is 0 Å². The second kappa shape index (κ2) is 7.88. The van der Waals surface area contributed by atoms with E-state index in [1.807, 2.05) is 31.2 Å². The van der Waals surface area contributed by atoms with E-state index in [-0.39, 0.29) is 25.2 Å². The number of sulfonamides is 1. The number of aromatic nitrogens is 3. The lowest BCUT2D eigenvalue weighted by Gasteiger charge is -2.15. The van der Waals surface area contributed by atoms with Gasteiger partial charge in [-0.1, -0.05) is 12.1 Å². The minimum Gasteiger partial charge on any atom is -0.337 e. The molecule has 10 heteroatoms. The van der Waals surface area contributed by atoms with Crippen LogP contribution in [0.2, 0.25) is 0 Å². The van der Waals surface area contributed by atoms with Crippen molar-refractivity contribution in [3.63, 3.8) is 0 Å². The molecule has 0 spiro atoms. The molecule has 9 nitrogen and oxygen atoms in total. The van der Waals surface area contributed by atoms with Gasteiger partial charge in [-0.05, 0) is 24.6 Å². The molecule has 2 aromatic rings. The molecule has 0 radical (unpaired) electrons. The van der Waals surface area contributed by atoms with E-state index in [4.69, 9.17) is 0 Å². The van der Waals surface area contributed by atoms with Gasteiger partial charge < -0.3 is 10.6 Å². The number of nitrogens with zero attached hydrogens (tertiary/aromatic N) is 3. The fourth-order valence-electron chi connectivity index (χ4n) is 2.00. The first kappa shape index (κ1) is 17.9. The highest BCUT2D eigenvalue weighted by Gasteiger charge is 2.09. The van der Waals surface area contributed by atoms with Gasteiger partial charge in [-0.25, -0.2) is 27.6 Å². The lowest BCUT2D eigenvalue weighted by molar-refractivity contribution is 0.238. The van der Waals surface area contributed by atoms with E-state index >= 15 is 0 Å². The molecule has 0 saturated carbocycles. The Bertz CT molecular complexity index is 758. The molecular formula is C14H20N6O3S. The molecule has 0 aliphatic carbocycles. The standard InChI is InChI=1S/C14H20N6O3S/c1-11(19-14(21)16-7-8-18-24(2,22)23)12-3-5-13(6-4-12)20-10-15-9-17-20/h3-6,9-11,18H,7-8H2,1-2H3,(H2,16,19,21)/t11-/m1/s1. The monoisotopic (exact) mass is 352 g/mol. The third kappa shape index (κ3) is 5.63. The molecule has 130 valence electrons. The maximum atomic E-state index is 11.8. The Morgan fingerprint density at radius 3 is 2.54 bits per heavy atom. The zero-order valence-corrected chi connectivity index (χ0v) is 14.2. The molecule has 2 rings (SSSR count). The van der Waals surface area contributed by atoms with Gasteiger partial charge in [0.05, 0.1) is 18.0 Å². The zero-order valence-electron chi connectivity index (χ0n) is 13.4. The van der Waals surface area contributed by atoms with Crippen LogP contribution in [0, 0.1) is 0 Å². The lowest BCUT2D eigenvalue weighted by atomic mass is 10.1. The molecule has 0 unspecified atom stereocenters. The molecule has 2 amide bonds. The van der Waals surface area contributed by atoms with E-state index in [1.54, 1.807) is 11.0 Å². The van der Waals surface area contributed by atoms with Gasteiger partial charge in [0.2, 0.25) is 10.0 Å². The van der Waals surface area contributed by atoms with Crippen molar-refractivity contribution in [3.05, 3.63) is 42.5 Å². The first-order valence-electron chi connectivity index (χ1n) is 7.29. The van der Waals surface area contributed by atoms with Gasteiger partial charge >= 0.3 is 6.03 Å². The molecule has 1 atom stereocenters. The second-order valence-electron chi connectivity index (χ2n) is 5.22. The Morgan fingerprint density at radius 1 is 1.25 bits per heavy atom. The number of benzene rings is 1. The quantitative estimate of drug-likeness (QED) is 0.614. The minimum absolute atomic E-state index is 0.146. The maximum absolute atomic E-state index is 11.8. The average molecular weight is 352 g/mol. The van der Waals surface area contributed by atoms with Gasteiger partial charge in [0.25, 0.3) is 0 Å². The summed E-state index contributed by atoms with van der Waals surface area (Å²) < 4.78 is 25.7. The number of carbonyl (C=O) groups excluding carboxylic acids is 1. The van der Waals surface area contributed by atoms with Gasteiger partial charge in [-0.2, -0.15) is 5.10 Å². The number of carbonyl (C=O) groups is 1. The topological polar surface area (TPSA) is 118 Å². The molecule has 1 aromatic carbocycles. The molecule has 0 aliphatic rings. The van der Waals surface area contributed by atoms with Crippen LogP contribution in [0.15, 0.2) is 36.9 Å². The van der Waals surface area contributed by atoms with Crippen LogP contribution in [0.1, 0.15) is 18.5 Å². The molecule has 1 heterocycles. The molecule has 3 N–H and O–H groups in total. The zero-order chi connectivity index (χ0) is 17.6. The van der Waals surface area contributed by atoms with Crippen molar-refractivity contribution < 1.29 is 13.2 Å². The summed E-state index contributed by atoms with van der Waals surface area (Å²) in [7, 11) is -3.24. The first-order chi connectivity index (χ1) is 11.3. The molecule has 0 aliphatic heterocycles. The van der Waals surface area contributed by atoms with E-state index in [0.29, 0.717) is 0 Å². The van der Waals surface area contributed by atoms with Gasteiger partial charge in [0.1, 0.15) is 12.7 Å². The van der Waals surface area contributed by atoms with Gasteiger partial charge in [0, 0.05) is 13.1 Å². The molecule has 0 saturated heterocycles. The minimum atomic E-state index is -3.24. The first-order valence-corrected chi connectivity index (χ1v) is 9.18. The predicted molar refractivity (Wildman–Crippen MR) is 89.2 cm³/mol. The SMILES string of the molecule is C[C@@H](NC(=O)NCCNS(C)(=O)=O)c1ccc(-n2cncn2)cc1. The van der Waals surface area contributed by atoms with Crippen LogP contribution < -0.4 is 15.4 Å². The summed E-state index contributed by atoms with van der Waals surface area (Å²) in [5, 5.41) is 9.42. The number of urea groups is 1. The highest BCUT2D eigenvalue weighted by atomic mass is 32.2. The van der Waals surface area contributed by atoms with Crippen molar-refractivity contribution in [3.8, 4) is 5.69 Å². The Kier molecular flexibility index (Phi) is 5.88. The van der Waals surface area contributed by atoms with E-state index in [2.05, 4.69) is 25.4 Å². The summed E-state index contributed by atoms with van der Waals surface area (Å²) in [6.07, 6.45) is 4.13. The van der Waals surface area contributed by atoms with Crippen molar-refractivity contribution in [2.24, 2.45) is 0 Å². The van der Waals surface area contributed by atoms with Crippen LogP contribution in [-0.2, 0) is 10.0 Å². The molecule has 1 aromatic heterocycles. The summed E-state index contributed by atoms with van der Waals surface area (Å²) in [6.45, 7) is 2.21. The van der Waals surface area contributed by atoms with Crippen LogP contribution in [0.5, 0.6) is 0 Å². The van der Waals surface area contributed by atoms with E-state index < -0.39 is 10.0 Å². The van der Waals surface area contributed by atoms with Crippen molar-refractivity contribution in [2.75, 3.05) is 19.3 Å². The molecule has 0 fully saturated rings. The summed E-state index contributed by atoms with van der Waals surface area (Å²) in [5.74, 6) is 0. The normalized spacial score (nSPS) is 12.6. The highest BCUT2D eigenvalue weighted by Crippen LogP contribution is 2.14. The fraction of sp³-hybridized carbons (Fsp3) is 0.357. The number of rotatable bonds is 7. The van der Waals surface area contributed by atoms with E-state index in [0.717, 1.165) is 17.5 Å². The van der Waals surface area contributed by atoms with Gasteiger partial charge in [0.15, 0.2) is 0 Å². The van der Waals surface area contributed by atoms with Crippen molar-refractivity contribution >= 4 is 16.1 Å². The molecule has 24 heavy (non-hydrogen) atoms. The Labute approximate surface area is 140 Å². The number of hydrogen-bond donors (Lipinski definition) is 3. The number of amides is 2. The van der Waals surface area contributed by atoms with Crippen molar-refractivity contribution in [2.45, 2.75) is 13.0 Å². The Morgan fingerprint density at radius 2 is 1.96 bits per heavy atom. The second-order valence-corrected chi connectivity index (χ2v) is 7.05. The van der Waals surface area contributed by atoms with Crippen LogP contribution in [-0.4, -0.2) is 48.6 Å². The highest BCUT2D eigenvalue weighted by molar-refractivity contribution is 7.88. The van der Waals surface area contributed by atoms with E-state index in [1.165, 1.54) is 6.33 Å². The van der Waals surface area contributed by atoms with Crippen molar-refractivity contribution in [1.82, 2.24) is 30.1 Å². The maximum Gasteiger partial charge on any atom is 0.315 e. The van der Waals surface area contributed by atoms with Crippen molar-refractivity contribution in [1.29, 1.82) is 0 Å².